The van der Waals surface area contributed by atoms with E-state index in [0.29, 0.717) is 6.42 Å². The van der Waals surface area contributed by atoms with Gasteiger partial charge in [0.05, 0.1) is 6.26 Å². The number of hydrogen-bond donors (Lipinski definition) is 2. The molecule has 0 aromatic heterocycles. The summed E-state index contributed by atoms with van der Waals surface area (Å²) in [6.07, 6.45) is 8.58. The van der Waals surface area contributed by atoms with Crippen LogP contribution in [-0.2, 0) is 9.53 Å². The van der Waals surface area contributed by atoms with Gasteiger partial charge in [0, 0.05) is 11.9 Å². The van der Waals surface area contributed by atoms with E-state index >= 15 is 0 Å². The number of hydrogen-bond acceptors (Lipinski definition) is 3. The van der Waals surface area contributed by atoms with Gasteiger partial charge < -0.3 is 15.5 Å². The van der Waals surface area contributed by atoms with Gasteiger partial charge in [-0.05, 0) is 43.5 Å². The van der Waals surface area contributed by atoms with Gasteiger partial charge in [0.25, 0.3) is 5.91 Å². The highest BCUT2D eigenvalue weighted by atomic mass is 16.5. The van der Waals surface area contributed by atoms with E-state index in [0.717, 1.165) is 23.2 Å². The Morgan fingerprint density at radius 3 is 2.55 bits per heavy atom. The average molecular weight is 300 g/mol. The van der Waals surface area contributed by atoms with Gasteiger partial charge in [0.15, 0.2) is 6.10 Å². The number of benzene rings is 1. The first kappa shape index (κ1) is 17.7. The number of amides is 1. The standard InChI is InChI=1S/C18H24N2O2/c1-4-9-16(22-13-7-5-6-12-19)18(21)20-17-14(2)10-8-11-15(17)3/h5-8,10-13,16,19H,4,9H2,1-3H3,(H,20,21)/b6-5-,13-7-,19-12?. The molecule has 0 bridgehead atoms. The van der Waals surface area contributed by atoms with Crippen molar-refractivity contribution in [3.8, 4) is 0 Å². The van der Waals surface area contributed by atoms with Gasteiger partial charge in [-0.3, -0.25) is 4.79 Å². The molecule has 4 heteroatoms. The lowest BCUT2D eigenvalue weighted by atomic mass is 10.1. The Kier molecular flexibility index (Phi) is 7.68. The van der Waals surface area contributed by atoms with Crippen LogP contribution in [0.25, 0.3) is 0 Å². The maximum atomic E-state index is 12.4. The van der Waals surface area contributed by atoms with Crippen LogP contribution >= 0.6 is 0 Å². The first-order valence-corrected chi connectivity index (χ1v) is 7.45. The van der Waals surface area contributed by atoms with Crippen molar-refractivity contribution in [2.45, 2.75) is 39.7 Å². The summed E-state index contributed by atoms with van der Waals surface area (Å²) in [5.74, 6) is -0.139. The molecule has 22 heavy (non-hydrogen) atoms. The highest BCUT2D eigenvalue weighted by Gasteiger charge is 2.19. The van der Waals surface area contributed by atoms with Crippen molar-refractivity contribution in [3.05, 3.63) is 53.8 Å². The van der Waals surface area contributed by atoms with E-state index in [2.05, 4.69) is 5.32 Å². The summed E-state index contributed by atoms with van der Waals surface area (Å²) in [6.45, 7) is 5.96. The van der Waals surface area contributed by atoms with Crippen molar-refractivity contribution < 1.29 is 9.53 Å². The Morgan fingerprint density at radius 1 is 1.27 bits per heavy atom. The summed E-state index contributed by atoms with van der Waals surface area (Å²) < 4.78 is 5.52. The number of allylic oxidation sites excluding steroid dienone is 3. The molecule has 2 N–H and O–H groups in total. The van der Waals surface area contributed by atoms with E-state index in [1.165, 1.54) is 12.5 Å². The summed E-state index contributed by atoms with van der Waals surface area (Å²) in [4.78, 5) is 12.4. The second-order valence-corrected chi connectivity index (χ2v) is 5.05. The van der Waals surface area contributed by atoms with Crippen LogP contribution in [0.5, 0.6) is 0 Å². The third kappa shape index (κ3) is 5.56. The monoisotopic (exact) mass is 300 g/mol. The van der Waals surface area contributed by atoms with Crippen LogP contribution in [0.4, 0.5) is 5.69 Å². The molecule has 0 saturated heterocycles. The van der Waals surface area contributed by atoms with Crippen molar-refractivity contribution in [1.82, 2.24) is 0 Å². The first-order valence-electron chi connectivity index (χ1n) is 7.45. The topological polar surface area (TPSA) is 62.2 Å². The van der Waals surface area contributed by atoms with Gasteiger partial charge in [-0.25, -0.2) is 0 Å². The summed E-state index contributed by atoms with van der Waals surface area (Å²) in [5, 5.41) is 9.83. The van der Waals surface area contributed by atoms with E-state index in [1.807, 2.05) is 39.0 Å². The summed E-state index contributed by atoms with van der Waals surface area (Å²) in [6, 6.07) is 5.92. The van der Waals surface area contributed by atoms with E-state index in [-0.39, 0.29) is 5.91 Å². The van der Waals surface area contributed by atoms with Crippen LogP contribution in [0, 0.1) is 19.3 Å². The van der Waals surface area contributed by atoms with Gasteiger partial charge in [-0.2, -0.15) is 0 Å². The SMILES string of the molecule is CCCC(O/C=C\C=C/C=N)C(=O)Nc1c(C)cccc1C. The molecule has 118 valence electrons. The molecule has 0 saturated carbocycles. The fourth-order valence-corrected chi connectivity index (χ4v) is 2.04. The van der Waals surface area contributed by atoms with Crippen molar-refractivity contribution in [2.75, 3.05) is 5.32 Å². The zero-order valence-electron chi connectivity index (χ0n) is 13.4. The van der Waals surface area contributed by atoms with E-state index < -0.39 is 6.10 Å². The second kappa shape index (κ2) is 9.55. The van der Waals surface area contributed by atoms with Crippen LogP contribution in [0.15, 0.2) is 42.7 Å². The highest BCUT2D eigenvalue weighted by Crippen LogP contribution is 2.20. The van der Waals surface area contributed by atoms with E-state index in [1.54, 1.807) is 18.2 Å². The normalized spacial score (nSPS) is 12.5. The minimum absolute atomic E-state index is 0.139. The van der Waals surface area contributed by atoms with Gasteiger partial charge >= 0.3 is 0 Å². The van der Waals surface area contributed by atoms with Crippen LogP contribution in [-0.4, -0.2) is 18.2 Å². The first-order chi connectivity index (χ1) is 10.6. The third-order valence-corrected chi connectivity index (χ3v) is 3.21. The fourth-order valence-electron chi connectivity index (χ4n) is 2.04. The minimum Gasteiger partial charge on any atom is -0.488 e. The largest absolute Gasteiger partial charge is 0.488 e. The van der Waals surface area contributed by atoms with Crippen LogP contribution in [0.1, 0.15) is 30.9 Å². The van der Waals surface area contributed by atoms with Crippen molar-refractivity contribution >= 4 is 17.8 Å². The molecule has 1 rings (SSSR count). The number of nitrogens with one attached hydrogen (secondary N) is 2. The number of aryl methyl sites for hydroxylation is 2. The highest BCUT2D eigenvalue weighted by molar-refractivity contribution is 5.95. The molecule has 0 fully saturated rings. The van der Waals surface area contributed by atoms with Gasteiger partial charge in [0.2, 0.25) is 0 Å². The molecular weight excluding hydrogens is 276 g/mol. The number of carbonyl (C=O) groups excluding carboxylic acids is 1. The zero-order valence-corrected chi connectivity index (χ0v) is 13.4. The van der Waals surface area contributed by atoms with Gasteiger partial charge in [0.1, 0.15) is 0 Å². The van der Waals surface area contributed by atoms with Crippen LogP contribution < -0.4 is 5.32 Å². The van der Waals surface area contributed by atoms with Crippen LogP contribution in [0.2, 0.25) is 0 Å². The second-order valence-electron chi connectivity index (χ2n) is 5.05. The lowest BCUT2D eigenvalue weighted by Gasteiger charge is -2.18. The summed E-state index contributed by atoms with van der Waals surface area (Å²) >= 11 is 0. The van der Waals surface area contributed by atoms with Crippen molar-refractivity contribution in [3.63, 3.8) is 0 Å². The number of rotatable bonds is 8. The van der Waals surface area contributed by atoms with Crippen LogP contribution in [0.3, 0.4) is 0 Å². The van der Waals surface area contributed by atoms with E-state index in [4.69, 9.17) is 10.1 Å². The molecule has 1 aromatic rings. The molecule has 1 aromatic carbocycles. The Labute approximate surface area is 132 Å². The number of anilines is 1. The van der Waals surface area contributed by atoms with Gasteiger partial charge in [-0.15, -0.1) is 0 Å². The Balaban J connectivity index is 2.74. The Bertz CT molecular complexity index is 542. The molecule has 0 heterocycles. The maximum absolute atomic E-state index is 12.4. The lowest BCUT2D eigenvalue weighted by molar-refractivity contribution is -0.124. The molecule has 0 radical (unpaired) electrons. The number of para-hydroxylation sites is 1. The number of ether oxygens (including phenoxy) is 1. The van der Waals surface area contributed by atoms with Gasteiger partial charge in [-0.1, -0.05) is 37.6 Å². The smallest absolute Gasteiger partial charge is 0.265 e. The molecule has 0 aliphatic rings. The fraction of sp³-hybridized carbons (Fsp3) is 0.333. The Morgan fingerprint density at radius 2 is 1.95 bits per heavy atom. The quantitative estimate of drug-likeness (QED) is 0.430. The molecule has 0 aliphatic carbocycles. The molecule has 0 aliphatic heterocycles. The summed E-state index contributed by atoms with van der Waals surface area (Å²) in [7, 11) is 0. The van der Waals surface area contributed by atoms with E-state index in [9.17, 15) is 4.79 Å². The number of carbonyl (C=O) groups is 1. The van der Waals surface area contributed by atoms with Crippen molar-refractivity contribution in [2.24, 2.45) is 0 Å². The molecule has 0 spiro atoms. The molecule has 1 atom stereocenters. The predicted octanol–water partition coefficient (Wildman–Crippen LogP) is 4.15. The lowest BCUT2D eigenvalue weighted by Crippen LogP contribution is -2.29. The minimum atomic E-state index is -0.520. The average Bonchev–Trinajstić information content (AvgIpc) is 2.49. The maximum Gasteiger partial charge on any atom is 0.265 e. The Hall–Kier alpha value is -2.36. The molecular formula is C18H24N2O2. The zero-order chi connectivity index (χ0) is 16.4. The molecule has 1 amide bonds. The van der Waals surface area contributed by atoms with Crippen molar-refractivity contribution in [1.29, 1.82) is 5.41 Å². The molecule has 1 unspecified atom stereocenters. The molecule has 4 nitrogen and oxygen atoms in total. The third-order valence-electron chi connectivity index (χ3n) is 3.21. The predicted molar refractivity (Wildman–Crippen MR) is 91.4 cm³/mol. The summed E-state index contributed by atoms with van der Waals surface area (Å²) in [5.41, 5.74) is 2.92.